The van der Waals surface area contributed by atoms with Crippen LogP contribution in [0.3, 0.4) is 0 Å². The Hall–Kier alpha value is -4.16. The molecule has 3 aromatic carbocycles. The third kappa shape index (κ3) is 7.38. The van der Waals surface area contributed by atoms with Crippen LogP contribution in [0.25, 0.3) is 10.9 Å². The van der Waals surface area contributed by atoms with Crippen LogP contribution < -0.4 is 10.6 Å². The van der Waals surface area contributed by atoms with Gasteiger partial charge in [0, 0.05) is 47.5 Å². The molecular formula is C37H40Cl2N8. The Bertz CT molecular complexity index is 1870. The predicted octanol–water partition coefficient (Wildman–Crippen LogP) is 8.86. The largest absolute Gasteiger partial charge is 0.383 e. The average molecular weight is 668 g/mol. The van der Waals surface area contributed by atoms with Gasteiger partial charge < -0.3 is 10.6 Å². The standard InChI is InChI=1S/C37H40Cl2N8/c1-24(25-8-6-5-7-9-25)21-41-34-27(20-40)22-42-36-31(34)18-29(19-32(36)39)43-35(26-10-12-28(38)13-11-26)33-23-47(45-44-33)30-14-16-46(17-15-30)37(2,3)4/h5-13,18-19,22-24,30,35,43H,14-17,21H2,1-4H3,(H,41,42)/t24-,35-/m0/s1. The van der Waals surface area contributed by atoms with E-state index >= 15 is 0 Å². The summed E-state index contributed by atoms with van der Waals surface area (Å²) in [6.07, 6.45) is 5.68. The average Bonchev–Trinajstić information content (AvgIpc) is 3.56. The zero-order valence-corrected chi connectivity index (χ0v) is 28.7. The summed E-state index contributed by atoms with van der Waals surface area (Å²) >= 11 is 13.1. The number of hydrogen-bond donors (Lipinski definition) is 2. The fourth-order valence-corrected chi connectivity index (χ4v) is 6.72. The third-order valence-corrected chi connectivity index (χ3v) is 9.66. The molecule has 1 aliphatic rings. The number of nitriles is 1. The molecule has 10 heteroatoms. The molecule has 0 saturated carbocycles. The molecule has 0 amide bonds. The van der Waals surface area contributed by atoms with Crippen LogP contribution in [0.2, 0.25) is 10.0 Å². The molecule has 5 aromatic rings. The summed E-state index contributed by atoms with van der Waals surface area (Å²) in [7, 11) is 0. The highest BCUT2D eigenvalue weighted by atomic mass is 35.5. The zero-order valence-electron chi connectivity index (χ0n) is 27.2. The molecule has 1 saturated heterocycles. The van der Waals surface area contributed by atoms with E-state index < -0.39 is 0 Å². The Kier molecular flexibility index (Phi) is 9.70. The number of likely N-dealkylation sites (tertiary alicyclic amines) is 1. The first-order chi connectivity index (χ1) is 22.6. The maximum Gasteiger partial charge on any atom is 0.109 e. The zero-order chi connectivity index (χ0) is 33.1. The van der Waals surface area contributed by atoms with E-state index in [0.29, 0.717) is 39.4 Å². The molecular weight excluding hydrogens is 627 g/mol. The van der Waals surface area contributed by atoms with Crippen LogP contribution in [0, 0.1) is 11.3 Å². The number of nitrogens with zero attached hydrogens (tertiary/aromatic N) is 6. The third-order valence-electron chi connectivity index (χ3n) is 9.12. The summed E-state index contributed by atoms with van der Waals surface area (Å²) in [5.74, 6) is 0.223. The topological polar surface area (TPSA) is 94.7 Å². The SMILES string of the molecule is C[C@@H](CNc1c(C#N)cnc2c(Cl)cc(N[C@@H](c3ccc(Cl)cc3)c3cn(C4CCN(C(C)(C)C)CC4)nn3)cc12)c1ccccc1. The van der Waals surface area contributed by atoms with Gasteiger partial charge in [-0.25, -0.2) is 4.68 Å². The smallest absolute Gasteiger partial charge is 0.109 e. The minimum absolute atomic E-state index is 0.155. The van der Waals surface area contributed by atoms with E-state index in [2.05, 4.69) is 82.9 Å². The molecule has 3 heterocycles. The van der Waals surface area contributed by atoms with E-state index in [1.54, 1.807) is 6.20 Å². The van der Waals surface area contributed by atoms with Crippen molar-refractivity contribution in [3.05, 3.63) is 112 Å². The number of pyridine rings is 1. The quantitative estimate of drug-likeness (QED) is 0.162. The van der Waals surface area contributed by atoms with Crippen LogP contribution in [0.1, 0.15) is 80.9 Å². The number of benzene rings is 3. The van der Waals surface area contributed by atoms with Gasteiger partial charge in [0.2, 0.25) is 0 Å². The molecule has 0 radical (unpaired) electrons. The van der Waals surface area contributed by atoms with Crippen LogP contribution in [0.4, 0.5) is 11.4 Å². The molecule has 6 rings (SSSR count). The molecule has 2 atom stereocenters. The second kappa shape index (κ2) is 13.9. The molecule has 0 spiro atoms. The summed E-state index contributed by atoms with van der Waals surface area (Å²) in [6, 6.07) is 24.2. The maximum absolute atomic E-state index is 10.0. The number of fused-ring (bicyclic) bond motifs is 1. The molecule has 8 nitrogen and oxygen atoms in total. The van der Waals surface area contributed by atoms with Crippen LogP contribution >= 0.6 is 23.2 Å². The minimum atomic E-state index is -0.328. The predicted molar refractivity (Wildman–Crippen MR) is 191 cm³/mol. The van der Waals surface area contributed by atoms with Crippen molar-refractivity contribution in [3.8, 4) is 6.07 Å². The Morgan fingerprint density at radius 1 is 1.00 bits per heavy atom. The van der Waals surface area contributed by atoms with Crippen molar-refractivity contribution >= 4 is 45.5 Å². The normalized spacial score (nSPS) is 15.7. The fraction of sp³-hybridized carbons (Fsp3) is 0.351. The molecule has 1 fully saturated rings. The second-order valence-electron chi connectivity index (χ2n) is 13.3. The summed E-state index contributed by atoms with van der Waals surface area (Å²) in [4.78, 5) is 7.08. The molecule has 0 bridgehead atoms. The Labute approximate surface area is 286 Å². The van der Waals surface area contributed by atoms with Crippen molar-refractivity contribution in [2.45, 2.75) is 64.1 Å². The lowest BCUT2D eigenvalue weighted by Crippen LogP contribution is -2.46. The van der Waals surface area contributed by atoms with Crippen molar-refractivity contribution < 1.29 is 0 Å². The van der Waals surface area contributed by atoms with Crippen molar-refractivity contribution in [1.82, 2.24) is 24.9 Å². The van der Waals surface area contributed by atoms with Crippen molar-refractivity contribution in [2.24, 2.45) is 0 Å². The molecule has 47 heavy (non-hydrogen) atoms. The van der Waals surface area contributed by atoms with E-state index in [9.17, 15) is 5.26 Å². The van der Waals surface area contributed by atoms with Crippen molar-refractivity contribution in [3.63, 3.8) is 0 Å². The molecule has 1 aliphatic heterocycles. The first-order valence-corrected chi connectivity index (χ1v) is 16.9. The van der Waals surface area contributed by atoms with E-state index in [4.69, 9.17) is 23.2 Å². The van der Waals surface area contributed by atoms with Gasteiger partial charge in [0.1, 0.15) is 11.8 Å². The highest BCUT2D eigenvalue weighted by Gasteiger charge is 2.29. The molecule has 2 aromatic heterocycles. The molecule has 2 N–H and O–H groups in total. The van der Waals surface area contributed by atoms with Gasteiger partial charge in [-0.1, -0.05) is 77.8 Å². The van der Waals surface area contributed by atoms with Crippen LogP contribution in [-0.2, 0) is 0 Å². The number of rotatable bonds is 9. The van der Waals surface area contributed by atoms with Gasteiger partial charge in [-0.05, 0) is 74.9 Å². The van der Waals surface area contributed by atoms with Crippen LogP contribution in [-0.4, -0.2) is 50.1 Å². The summed E-state index contributed by atoms with van der Waals surface area (Å²) in [5.41, 5.74) is 5.72. The van der Waals surface area contributed by atoms with Crippen molar-refractivity contribution in [2.75, 3.05) is 30.3 Å². The highest BCUT2D eigenvalue weighted by Crippen LogP contribution is 2.36. The minimum Gasteiger partial charge on any atom is -0.383 e. The van der Waals surface area contributed by atoms with E-state index in [1.807, 2.05) is 59.3 Å². The summed E-state index contributed by atoms with van der Waals surface area (Å²) in [6.45, 7) is 11.7. The lowest BCUT2D eigenvalue weighted by Gasteiger charge is -2.40. The highest BCUT2D eigenvalue weighted by molar-refractivity contribution is 6.36. The van der Waals surface area contributed by atoms with Gasteiger partial charge in [-0.2, -0.15) is 5.26 Å². The van der Waals surface area contributed by atoms with Gasteiger partial charge in [-0.15, -0.1) is 5.10 Å². The molecule has 0 aliphatic carbocycles. The molecule has 0 unspecified atom stereocenters. The Morgan fingerprint density at radius 2 is 1.72 bits per heavy atom. The monoisotopic (exact) mass is 666 g/mol. The number of nitrogens with one attached hydrogen (secondary N) is 2. The first-order valence-electron chi connectivity index (χ1n) is 16.1. The van der Waals surface area contributed by atoms with E-state index in [-0.39, 0.29) is 17.5 Å². The lowest BCUT2D eigenvalue weighted by molar-refractivity contribution is 0.0866. The summed E-state index contributed by atoms with van der Waals surface area (Å²) in [5, 5.41) is 28.4. The number of anilines is 2. The number of aromatic nitrogens is 4. The fourth-order valence-electron chi connectivity index (χ4n) is 6.33. The second-order valence-corrected chi connectivity index (χ2v) is 14.2. The van der Waals surface area contributed by atoms with E-state index in [0.717, 1.165) is 48.3 Å². The van der Waals surface area contributed by atoms with Crippen LogP contribution in [0.15, 0.2) is 79.1 Å². The first kappa shape index (κ1) is 32.8. The van der Waals surface area contributed by atoms with Gasteiger partial charge in [-0.3, -0.25) is 9.88 Å². The van der Waals surface area contributed by atoms with Gasteiger partial charge in [0.05, 0.1) is 40.1 Å². The summed E-state index contributed by atoms with van der Waals surface area (Å²) < 4.78 is 2.02. The van der Waals surface area contributed by atoms with Gasteiger partial charge in [0.25, 0.3) is 0 Å². The van der Waals surface area contributed by atoms with E-state index in [1.165, 1.54) is 5.56 Å². The Morgan fingerprint density at radius 3 is 2.40 bits per heavy atom. The Balaban J connectivity index is 1.31. The van der Waals surface area contributed by atoms with Gasteiger partial charge >= 0.3 is 0 Å². The maximum atomic E-state index is 10.0. The van der Waals surface area contributed by atoms with Crippen molar-refractivity contribution in [1.29, 1.82) is 5.26 Å². The number of halogens is 2. The number of piperidine rings is 1. The lowest BCUT2D eigenvalue weighted by atomic mass is 9.98. The van der Waals surface area contributed by atoms with Gasteiger partial charge in [0.15, 0.2) is 0 Å². The van der Waals surface area contributed by atoms with Crippen LogP contribution in [0.5, 0.6) is 0 Å². The molecule has 242 valence electrons. The number of hydrogen-bond acceptors (Lipinski definition) is 7.